The fraction of sp³-hybridized carbons (Fsp3) is 0.538. The maximum atomic E-state index is 11.2. The van der Waals surface area contributed by atoms with Crippen LogP contribution in [0.1, 0.15) is 20.8 Å². The predicted molar refractivity (Wildman–Crippen MR) is 78.8 cm³/mol. The van der Waals surface area contributed by atoms with Gasteiger partial charge in [-0.25, -0.2) is 0 Å². The second-order valence-corrected chi connectivity index (χ2v) is 5.65. The summed E-state index contributed by atoms with van der Waals surface area (Å²) < 4.78 is 0. The highest BCUT2D eigenvalue weighted by molar-refractivity contribution is 6.33. The first-order valence-electron chi connectivity index (χ1n) is 6.20. The third kappa shape index (κ3) is 3.81. The molecule has 0 heterocycles. The number of nitrogens with two attached hydrogens (primary N) is 1. The summed E-state index contributed by atoms with van der Waals surface area (Å²) in [5.41, 5.74) is 6.11. The summed E-state index contributed by atoms with van der Waals surface area (Å²) in [7, 11) is 0. The molecule has 0 saturated carbocycles. The Balaban J connectivity index is 3.19. The summed E-state index contributed by atoms with van der Waals surface area (Å²) in [5, 5.41) is 11.3. The van der Waals surface area contributed by atoms with E-state index in [0.717, 1.165) is 0 Å². The predicted octanol–water partition coefficient (Wildman–Crippen LogP) is 3.06. The van der Waals surface area contributed by atoms with Crippen molar-refractivity contribution in [2.24, 2.45) is 11.1 Å². The molecular formula is C13H20ClN3O2. The van der Waals surface area contributed by atoms with Crippen LogP contribution in [0, 0.1) is 15.5 Å². The number of hydrogen-bond donors (Lipinski definition) is 1. The average molecular weight is 286 g/mol. The topological polar surface area (TPSA) is 72.4 Å². The second kappa shape index (κ2) is 6.21. The molecule has 0 aromatic heterocycles. The molecule has 6 heteroatoms. The van der Waals surface area contributed by atoms with Gasteiger partial charge in [-0.15, -0.1) is 0 Å². The van der Waals surface area contributed by atoms with E-state index in [1.54, 1.807) is 12.1 Å². The molecule has 0 atom stereocenters. The maximum Gasteiger partial charge on any atom is 0.310 e. The smallest absolute Gasteiger partial charge is 0.310 e. The van der Waals surface area contributed by atoms with Crippen molar-refractivity contribution in [3.63, 3.8) is 0 Å². The zero-order valence-corrected chi connectivity index (χ0v) is 12.3. The van der Waals surface area contributed by atoms with Gasteiger partial charge in [0.1, 0.15) is 10.7 Å². The Bertz CT molecular complexity index is 463. The molecule has 1 rings (SSSR count). The van der Waals surface area contributed by atoms with E-state index in [9.17, 15) is 10.1 Å². The Morgan fingerprint density at radius 3 is 2.58 bits per heavy atom. The third-order valence-electron chi connectivity index (χ3n) is 3.04. The highest BCUT2D eigenvalue weighted by Gasteiger charge is 2.26. The van der Waals surface area contributed by atoms with Crippen LogP contribution in [0.15, 0.2) is 18.2 Å². The van der Waals surface area contributed by atoms with Crippen molar-refractivity contribution in [3.05, 3.63) is 33.3 Å². The van der Waals surface area contributed by atoms with Gasteiger partial charge in [0.15, 0.2) is 0 Å². The number of halogens is 1. The molecule has 5 nitrogen and oxygen atoms in total. The Hall–Kier alpha value is -1.33. The van der Waals surface area contributed by atoms with Crippen LogP contribution in [-0.2, 0) is 0 Å². The lowest BCUT2D eigenvalue weighted by molar-refractivity contribution is -0.384. The van der Waals surface area contributed by atoms with E-state index in [0.29, 0.717) is 25.3 Å². The highest BCUT2D eigenvalue weighted by Crippen LogP contribution is 2.36. The van der Waals surface area contributed by atoms with E-state index in [1.165, 1.54) is 6.07 Å². The highest BCUT2D eigenvalue weighted by atomic mass is 35.5. The molecule has 0 amide bonds. The molecule has 0 spiro atoms. The molecule has 0 aliphatic carbocycles. The van der Waals surface area contributed by atoms with E-state index >= 15 is 0 Å². The molecular weight excluding hydrogens is 266 g/mol. The number of benzene rings is 1. The van der Waals surface area contributed by atoms with Crippen LogP contribution in [0.3, 0.4) is 0 Å². The van der Waals surface area contributed by atoms with Crippen LogP contribution in [0.2, 0.25) is 5.02 Å². The third-order valence-corrected chi connectivity index (χ3v) is 3.35. The molecule has 106 valence electrons. The molecule has 0 radical (unpaired) electrons. The van der Waals surface area contributed by atoms with Crippen LogP contribution in [0.5, 0.6) is 0 Å². The quantitative estimate of drug-likeness (QED) is 0.644. The van der Waals surface area contributed by atoms with Crippen molar-refractivity contribution in [2.75, 3.05) is 24.5 Å². The average Bonchev–Trinajstić information content (AvgIpc) is 2.35. The fourth-order valence-electron chi connectivity index (χ4n) is 1.89. The summed E-state index contributed by atoms with van der Waals surface area (Å²) >= 11 is 5.94. The molecule has 0 bridgehead atoms. The van der Waals surface area contributed by atoms with Gasteiger partial charge in [-0.2, -0.15) is 0 Å². The number of nitro benzene ring substituents is 1. The molecule has 1 aromatic rings. The zero-order chi connectivity index (χ0) is 14.6. The van der Waals surface area contributed by atoms with Gasteiger partial charge in [0, 0.05) is 13.1 Å². The molecule has 2 N–H and O–H groups in total. The van der Waals surface area contributed by atoms with E-state index in [1.807, 2.05) is 25.7 Å². The number of para-hydroxylation sites is 1. The largest absolute Gasteiger partial charge is 0.366 e. The minimum atomic E-state index is -0.435. The molecule has 19 heavy (non-hydrogen) atoms. The van der Waals surface area contributed by atoms with Crippen LogP contribution in [0.4, 0.5) is 11.4 Å². The monoisotopic (exact) mass is 285 g/mol. The van der Waals surface area contributed by atoms with Crippen molar-refractivity contribution in [2.45, 2.75) is 20.8 Å². The minimum absolute atomic E-state index is 0.0427. The lowest BCUT2D eigenvalue weighted by Crippen LogP contribution is -2.39. The van der Waals surface area contributed by atoms with Crippen LogP contribution < -0.4 is 10.6 Å². The lowest BCUT2D eigenvalue weighted by atomic mass is 9.93. The summed E-state index contributed by atoms with van der Waals surface area (Å²) in [4.78, 5) is 12.7. The Morgan fingerprint density at radius 1 is 1.47 bits per heavy atom. The zero-order valence-electron chi connectivity index (χ0n) is 11.5. The number of hydrogen-bond acceptors (Lipinski definition) is 4. The first-order chi connectivity index (χ1) is 8.82. The van der Waals surface area contributed by atoms with Crippen LogP contribution in [0.25, 0.3) is 0 Å². The SMILES string of the molecule is CCN(CC(C)(C)CN)c1cccc(Cl)c1[N+](=O)[O-]. The summed E-state index contributed by atoms with van der Waals surface area (Å²) in [6.45, 7) is 7.83. The van der Waals surface area contributed by atoms with Crippen molar-refractivity contribution in [1.82, 2.24) is 0 Å². The van der Waals surface area contributed by atoms with E-state index < -0.39 is 4.92 Å². The number of anilines is 1. The number of nitrogens with zero attached hydrogens (tertiary/aromatic N) is 2. The van der Waals surface area contributed by atoms with Crippen molar-refractivity contribution < 1.29 is 4.92 Å². The maximum absolute atomic E-state index is 11.2. The summed E-state index contributed by atoms with van der Waals surface area (Å²) in [6.07, 6.45) is 0. The van der Waals surface area contributed by atoms with Crippen LogP contribution >= 0.6 is 11.6 Å². The van der Waals surface area contributed by atoms with Gasteiger partial charge in [0.05, 0.1) is 4.92 Å². The molecule has 1 aromatic carbocycles. The minimum Gasteiger partial charge on any atom is -0.366 e. The van der Waals surface area contributed by atoms with Crippen molar-refractivity contribution >= 4 is 23.0 Å². The summed E-state index contributed by atoms with van der Waals surface area (Å²) in [5.74, 6) is 0. The molecule has 0 fully saturated rings. The molecule has 0 aliphatic heterocycles. The van der Waals surface area contributed by atoms with Gasteiger partial charge >= 0.3 is 5.69 Å². The first-order valence-corrected chi connectivity index (χ1v) is 6.58. The second-order valence-electron chi connectivity index (χ2n) is 5.25. The van der Waals surface area contributed by atoms with Gasteiger partial charge in [0.2, 0.25) is 0 Å². The lowest BCUT2D eigenvalue weighted by Gasteiger charge is -2.32. The van der Waals surface area contributed by atoms with Gasteiger partial charge in [-0.05, 0) is 31.0 Å². The first kappa shape index (κ1) is 15.7. The van der Waals surface area contributed by atoms with Crippen molar-refractivity contribution in [3.8, 4) is 0 Å². The van der Waals surface area contributed by atoms with E-state index in [4.69, 9.17) is 17.3 Å². The van der Waals surface area contributed by atoms with E-state index in [2.05, 4.69) is 0 Å². The number of nitro groups is 1. The van der Waals surface area contributed by atoms with Crippen LogP contribution in [-0.4, -0.2) is 24.6 Å². The standard InChI is InChI=1S/C13H20ClN3O2/c1-4-16(9-13(2,3)8-15)11-7-5-6-10(14)12(11)17(18)19/h5-7H,4,8-9,15H2,1-3H3. The Kier molecular flexibility index (Phi) is 5.14. The van der Waals surface area contributed by atoms with Gasteiger partial charge in [0.25, 0.3) is 0 Å². The van der Waals surface area contributed by atoms with E-state index in [-0.39, 0.29) is 16.1 Å². The molecule has 0 unspecified atom stereocenters. The molecule has 0 saturated heterocycles. The van der Waals surface area contributed by atoms with Gasteiger partial charge in [-0.1, -0.05) is 31.5 Å². The normalized spacial score (nSPS) is 11.4. The Morgan fingerprint density at radius 2 is 2.11 bits per heavy atom. The fourth-order valence-corrected chi connectivity index (χ4v) is 2.13. The molecule has 0 aliphatic rings. The number of rotatable bonds is 6. The van der Waals surface area contributed by atoms with Gasteiger partial charge in [-0.3, -0.25) is 10.1 Å². The summed E-state index contributed by atoms with van der Waals surface area (Å²) in [6, 6.07) is 4.98. The van der Waals surface area contributed by atoms with Crippen molar-refractivity contribution in [1.29, 1.82) is 0 Å². The Labute approximate surface area is 118 Å². The van der Waals surface area contributed by atoms with Gasteiger partial charge < -0.3 is 10.6 Å².